The SMILES string of the molecule is CC(=O)O.F[C](F)(F)[BiH2]. The molecule has 0 saturated carbocycles. The third-order valence-corrected chi connectivity index (χ3v) is 0. The number of aliphatic carboxylic acids is 1. The van der Waals surface area contributed by atoms with Crippen molar-refractivity contribution in [2.75, 3.05) is 0 Å². The maximum atomic E-state index is 10.4. The zero-order valence-corrected chi connectivity index (χ0v) is 9.06. The molecule has 0 radical (unpaired) electrons. The first-order valence-corrected chi connectivity index (χ1v) is 4.03. The molecule has 1 N–H and O–H groups in total. The molecule has 0 unspecified atom stereocenters. The molecule has 56 valence electrons. The van der Waals surface area contributed by atoms with Crippen LogP contribution in [0.5, 0.6) is 0 Å². The van der Waals surface area contributed by atoms with Crippen molar-refractivity contribution in [3.63, 3.8) is 0 Å². The van der Waals surface area contributed by atoms with Gasteiger partial charge in [-0.2, -0.15) is 0 Å². The summed E-state index contributed by atoms with van der Waals surface area (Å²) >= 11 is -0.868. The molecule has 0 aliphatic rings. The quantitative estimate of drug-likeness (QED) is 0.641. The van der Waals surface area contributed by atoms with Crippen molar-refractivity contribution in [1.82, 2.24) is 0 Å². The first kappa shape index (κ1) is 11.9. The van der Waals surface area contributed by atoms with Gasteiger partial charge in [-0.3, -0.25) is 4.79 Å². The molecule has 6 heteroatoms. The Balaban J connectivity index is 0. The van der Waals surface area contributed by atoms with Gasteiger partial charge in [-0.1, -0.05) is 0 Å². The van der Waals surface area contributed by atoms with Gasteiger partial charge in [0.05, 0.1) is 0 Å². The van der Waals surface area contributed by atoms with Crippen LogP contribution in [0.2, 0.25) is 0 Å². The number of carboxylic acid groups (broad SMARTS) is 1. The third kappa shape index (κ3) is 15000. The Morgan fingerprint density at radius 1 is 1.56 bits per heavy atom. The summed E-state index contributed by atoms with van der Waals surface area (Å²) in [5.41, 5.74) is 0. The minimum absolute atomic E-state index is 0.833. The van der Waals surface area contributed by atoms with Crippen LogP contribution in [0.15, 0.2) is 0 Å². The molecule has 0 aromatic rings. The van der Waals surface area contributed by atoms with E-state index in [-0.39, 0.29) is 0 Å². The summed E-state index contributed by atoms with van der Waals surface area (Å²) in [6.45, 7) is 1.08. The average molecular weight is 340 g/mol. The molecule has 0 amide bonds. The Morgan fingerprint density at radius 2 is 1.56 bits per heavy atom. The zero-order chi connectivity index (χ0) is 8.08. The number of carboxylic acids is 1. The number of hydrogen-bond acceptors (Lipinski definition) is 1. The van der Waals surface area contributed by atoms with E-state index in [0.29, 0.717) is 0 Å². The molecular weight excluding hydrogens is 334 g/mol. The second-order valence-electron chi connectivity index (χ2n) is 1.06. The Labute approximate surface area is 64.9 Å². The van der Waals surface area contributed by atoms with Crippen LogP contribution in [0.3, 0.4) is 0 Å². The second kappa shape index (κ2) is 4.97. The van der Waals surface area contributed by atoms with Gasteiger partial charge in [0, 0.05) is 6.92 Å². The fourth-order valence-corrected chi connectivity index (χ4v) is 0. The van der Waals surface area contributed by atoms with Crippen molar-refractivity contribution in [1.29, 1.82) is 0 Å². The van der Waals surface area contributed by atoms with E-state index in [2.05, 4.69) is 0 Å². The van der Waals surface area contributed by atoms with Gasteiger partial charge >= 0.3 is 41.8 Å². The Hall–Kier alpha value is 0.143. The van der Waals surface area contributed by atoms with Gasteiger partial charge in [0.1, 0.15) is 0 Å². The van der Waals surface area contributed by atoms with E-state index in [1.54, 1.807) is 0 Å². The van der Waals surface area contributed by atoms with Gasteiger partial charge in [-0.25, -0.2) is 0 Å². The van der Waals surface area contributed by atoms with Crippen molar-refractivity contribution in [3.8, 4) is 0 Å². The van der Waals surface area contributed by atoms with Crippen molar-refractivity contribution in [2.45, 2.75) is 10.8 Å². The number of hydrogen-bond donors (Lipinski definition) is 1. The van der Waals surface area contributed by atoms with E-state index >= 15 is 0 Å². The fraction of sp³-hybridized carbons (Fsp3) is 0.667. The molecular formula is C3H6BiF3O2. The fourth-order valence-electron chi connectivity index (χ4n) is 0. The second-order valence-corrected chi connectivity index (χ2v) is 3.61. The molecule has 0 aliphatic carbocycles. The molecule has 0 aromatic heterocycles. The van der Waals surface area contributed by atoms with Gasteiger partial charge in [0.25, 0.3) is 5.97 Å². The minimum atomic E-state index is -3.83. The number of halogens is 3. The van der Waals surface area contributed by atoms with Gasteiger partial charge in [-0.05, 0) is 0 Å². The molecule has 0 rings (SSSR count). The standard InChI is InChI=1S/C2H4O2.CF3.Bi.2H/c1-2(3)4;2-1(3)4;;;/h1H3,(H,3,4);;;;. The van der Waals surface area contributed by atoms with Gasteiger partial charge in [0.15, 0.2) is 0 Å². The monoisotopic (exact) mass is 340 g/mol. The summed E-state index contributed by atoms with van der Waals surface area (Å²) in [6, 6.07) is 0. The van der Waals surface area contributed by atoms with E-state index in [4.69, 9.17) is 9.90 Å². The van der Waals surface area contributed by atoms with E-state index < -0.39 is 34.6 Å². The molecule has 0 atom stereocenters. The van der Waals surface area contributed by atoms with E-state index in [1.807, 2.05) is 0 Å². The van der Waals surface area contributed by atoms with E-state index in [1.165, 1.54) is 0 Å². The van der Waals surface area contributed by atoms with Crippen LogP contribution in [0.4, 0.5) is 13.2 Å². The first-order chi connectivity index (χ1) is 3.73. The van der Waals surface area contributed by atoms with E-state index in [0.717, 1.165) is 6.92 Å². The van der Waals surface area contributed by atoms with Gasteiger partial charge < -0.3 is 5.11 Å². The third-order valence-electron chi connectivity index (χ3n) is 0. The van der Waals surface area contributed by atoms with Crippen LogP contribution in [-0.2, 0) is 4.79 Å². The predicted molar refractivity (Wildman–Crippen MR) is 27.9 cm³/mol. The molecule has 9 heavy (non-hydrogen) atoms. The van der Waals surface area contributed by atoms with Crippen LogP contribution in [-0.4, -0.2) is 39.7 Å². The summed E-state index contributed by atoms with van der Waals surface area (Å²) in [4.78, 5) is 9.00. The average Bonchev–Trinajstić information content (AvgIpc) is 1.19. The molecule has 0 heterocycles. The first-order valence-electron chi connectivity index (χ1n) is 1.78. The summed E-state index contributed by atoms with van der Waals surface area (Å²) in [5, 5.41) is 7.42. The number of carbonyl (C=O) groups is 1. The molecule has 2 nitrogen and oxygen atoms in total. The topological polar surface area (TPSA) is 37.3 Å². The summed E-state index contributed by atoms with van der Waals surface area (Å²) in [7, 11) is 0. The van der Waals surface area contributed by atoms with Gasteiger partial charge in [-0.15, -0.1) is 0 Å². The number of rotatable bonds is 0. The summed E-state index contributed by atoms with van der Waals surface area (Å²) in [6.07, 6.45) is 0. The molecule has 0 bridgehead atoms. The number of alkyl halides is 3. The van der Waals surface area contributed by atoms with Crippen molar-refractivity contribution in [3.05, 3.63) is 0 Å². The molecule has 0 aromatic carbocycles. The van der Waals surface area contributed by atoms with Crippen molar-refractivity contribution >= 4 is 30.7 Å². The van der Waals surface area contributed by atoms with Crippen LogP contribution in [0.25, 0.3) is 0 Å². The van der Waals surface area contributed by atoms with Crippen LogP contribution in [0, 0.1) is 0 Å². The zero-order valence-electron chi connectivity index (χ0n) is 4.57. The summed E-state index contributed by atoms with van der Waals surface area (Å²) in [5.74, 6) is -0.833. The molecule has 0 aliphatic heterocycles. The maximum absolute atomic E-state index is 10.4. The van der Waals surface area contributed by atoms with Crippen molar-refractivity contribution < 1.29 is 23.1 Å². The van der Waals surface area contributed by atoms with Crippen LogP contribution < -0.4 is 0 Å². The van der Waals surface area contributed by atoms with Gasteiger partial charge in [0.2, 0.25) is 0 Å². The van der Waals surface area contributed by atoms with Crippen LogP contribution >= 0.6 is 0 Å². The predicted octanol–water partition coefficient (Wildman–Crippen LogP) is 0.230. The Morgan fingerprint density at radius 3 is 1.56 bits per heavy atom. The normalized spacial score (nSPS) is 9.44. The Bertz CT molecular complexity index is 79.5. The van der Waals surface area contributed by atoms with Crippen LogP contribution in [0.1, 0.15) is 6.92 Å². The molecule has 0 fully saturated rings. The molecule has 0 spiro atoms. The Kier molecular flexibility index (Phi) is 6.56. The molecule has 0 saturated heterocycles. The van der Waals surface area contributed by atoms with E-state index in [9.17, 15) is 13.2 Å². The summed E-state index contributed by atoms with van der Waals surface area (Å²) < 4.78 is 27.5. The van der Waals surface area contributed by atoms with Crippen molar-refractivity contribution in [2.24, 2.45) is 0 Å².